The van der Waals surface area contributed by atoms with E-state index in [0.717, 1.165) is 11.3 Å². The number of para-hydroxylation sites is 1. The smallest absolute Gasteiger partial charge is 0.248 e. The minimum atomic E-state index is -0.675. The van der Waals surface area contributed by atoms with Gasteiger partial charge in [-0.05, 0) is 47.9 Å². The van der Waals surface area contributed by atoms with E-state index in [1.165, 1.54) is 11.5 Å². The van der Waals surface area contributed by atoms with Crippen molar-refractivity contribution in [3.05, 3.63) is 59.5 Å². The Morgan fingerprint density at radius 2 is 1.97 bits per heavy atom. The van der Waals surface area contributed by atoms with Gasteiger partial charge in [-0.1, -0.05) is 16.6 Å². The normalized spacial score (nSPS) is 11.8. The molecular weight excluding hydrogens is 392 g/mol. The molecule has 1 amide bonds. The number of nitrogens with zero attached hydrogens (tertiary/aromatic N) is 2. The molecule has 1 aromatic heterocycles. The quantitative estimate of drug-likeness (QED) is 0.409. The summed E-state index contributed by atoms with van der Waals surface area (Å²) in [7, 11) is 0. The zero-order valence-electron chi connectivity index (χ0n) is 15.7. The van der Waals surface area contributed by atoms with Crippen LogP contribution in [0.4, 0.5) is 0 Å². The molecule has 3 rings (SSSR count). The number of amides is 1. The summed E-state index contributed by atoms with van der Waals surface area (Å²) < 4.78 is 15.2. The molecular formula is C20H22N4O4S. The standard InChI is InChI=1S/C20H22N4O4S/c21-20(26)14-5-7-16(8-6-14)27-10-9-22-11-15(25)12-28-19-4-2-1-3-17(19)18-13-29-24-23-18/h1-8,13,15,22,25H,9-12H2,(H2,21,26). The predicted octanol–water partition coefficient (Wildman–Crippen LogP) is 1.71. The molecule has 0 radical (unpaired) electrons. The van der Waals surface area contributed by atoms with Crippen molar-refractivity contribution in [2.45, 2.75) is 6.10 Å². The molecule has 0 aliphatic rings. The van der Waals surface area contributed by atoms with Crippen LogP contribution < -0.4 is 20.5 Å². The average Bonchev–Trinajstić information content (AvgIpc) is 3.27. The molecule has 2 aromatic carbocycles. The molecule has 0 bridgehead atoms. The molecule has 0 fully saturated rings. The lowest BCUT2D eigenvalue weighted by molar-refractivity contribution is 0.1000. The number of aliphatic hydroxyl groups excluding tert-OH is 1. The summed E-state index contributed by atoms with van der Waals surface area (Å²) in [6, 6.07) is 14.1. The van der Waals surface area contributed by atoms with Gasteiger partial charge in [0, 0.05) is 29.6 Å². The Labute approximate surface area is 172 Å². The van der Waals surface area contributed by atoms with Crippen molar-refractivity contribution in [3.8, 4) is 22.8 Å². The molecule has 4 N–H and O–H groups in total. The topological polar surface area (TPSA) is 120 Å². The first-order valence-corrected chi connectivity index (χ1v) is 9.88. The highest BCUT2D eigenvalue weighted by atomic mass is 32.1. The van der Waals surface area contributed by atoms with Crippen LogP contribution in [0.3, 0.4) is 0 Å². The maximum absolute atomic E-state index is 11.0. The van der Waals surface area contributed by atoms with Gasteiger partial charge in [0.15, 0.2) is 0 Å². The fraction of sp³-hybridized carbons (Fsp3) is 0.250. The number of carbonyl (C=O) groups excluding carboxylic acids is 1. The number of benzene rings is 2. The summed E-state index contributed by atoms with van der Waals surface area (Å²) in [6.45, 7) is 1.49. The molecule has 1 unspecified atom stereocenters. The Bertz CT molecular complexity index is 903. The second-order valence-electron chi connectivity index (χ2n) is 6.19. The minimum absolute atomic E-state index is 0.150. The van der Waals surface area contributed by atoms with Gasteiger partial charge in [0.05, 0.1) is 0 Å². The van der Waals surface area contributed by atoms with Crippen molar-refractivity contribution in [3.63, 3.8) is 0 Å². The predicted molar refractivity (Wildman–Crippen MR) is 110 cm³/mol. The van der Waals surface area contributed by atoms with E-state index in [9.17, 15) is 9.90 Å². The van der Waals surface area contributed by atoms with Crippen LogP contribution in [0.5, 0.6) is 11.5 Å². The summed E-state index contributed by atoms with van der Waals surface area (Å²) in [5, 5.41) is 19.2. The second-order valence-corrected chi connectivity index (χ2v) is 6.80. The number of nitrogens with two attached hydrogens (primary N) is 1. The van der Waals surface area contributed by atoms with Gasteiger partial charge in [-0.25, -0.2) is 0 Å². The van der Waals surface area contributed by atoms with Crippen molar-refractivity contribution in [1.29, 1.82) is 0 Å². The molecule has 29 heavy (non-hydrogen) atoms. The van der Waals surface area contributed by atoms with Crippen LogP contribution >= 0.6 is 11.5 Å². The molecule has 0 saturated carbocycles. The number of rotatable bonds is 11. The first-order valence-electron chi connectivity index (χ1n) is 9.04. The van der Waals surface area contributed by atoms with Gasteiger partial charge >= 0.3 is 0 Å². The molecule has 0 saturated heterocycles. The van der Waals surface area contributed by atoms with Gasteiger partial charge < -0.3 is 25.6 Å². The highest BCUT2D eigenvalue weighted by Crippen LogP contribution is 2.28. The molecule has 1 atom stereocenters. The number of carbonyl (C=O) groups is 1. The van der Waals surface area contributed by atoms with Gasteiger partial charge in [-0.2, -0.15) is 0 Å². The molecule has 9 heteroatoms. The van der Waals surface area contributed by atoms with E-state index in [-0.39, 0.29) is 6.61 Å². The zero-order valence-corrected chi connectivity index (χ0v) is 16.5. The van der Waals surface area contributed by atoms with Crippen molar-refractivity contribution in [2.24, 2.45) is 5.73 Å². The SMILES string of the molecule is NC(=O)c1ccc(OCCNCC(O)COc2ccccc2-c2csnn2)cc1. The lowest BCUT2D eigenvalue weighted by Crippen LogP contribution is -2.33. The van der Waals surface area contributed by atoms with Gasteiger partial charge in [0.2, 0.25) is 5.91 Å². The Morgan fingerprint density at radius 3 is 2.69 bits per heavy atom. The first-order chi connectivity index (χ1) is 14.1. The molecule has 3 aromatic rings. The number of aliphatic hydroxyl groups is 1. The van der Waals surface area contributed by atoms with E-state index in [2.05, 4.69) is 14.9 Å². The Hall–Kier alpha value is -3.01. The highest BCUT2D eigenvalue weighted by molar-refractivity contribution is 7.03. The van der Waals surface area contributed by atoms with Gasteiger partial charge in [0.25, 0.3) is 0 Å². The summed E-state index contributed by atoms with van der Waals surface area (Å²) in [5.41, 5.74) is 7.23. The summed E-state index contributed by atoms with van der Waals surface area (Å²) in [5.74, 6) is 0.830. The first kappa shape index (κ1) is 20.7. The van der Waals surface area contributed by atoms with Crippen molar-refractivity contribution in [1.82, 2.24) is 14.9 Å². The van der Waals surface area contributed by atoms with Crippen LogP contribution in [0, 0.1) is 0 Å². The summed E-state index contributed by atoms with van der Waals surface area (Å²) in [4.78, 5) is 11.0. The van der Waals surface area contributed by atoms with E-state index in [4.69, 9.17) is 15.2 Å². The van der Waals surface area contributed by atoms with E-state index in [0.29, 0.717) is 36.8 Å². The molecule has 152 valence electrons. The minimum Gasteiger partial charge on any atom is -0.492 e. The van der Waals surface area contributed by atoms with E-state index in [1.807, 2.05) is 29.6 Å². The molecule has 1 heterocycles. The molecule has 8 nitrogen and oxygen atoms in total. The number of hydrogen-bond acceptors (Lipinski definition) is 8. The van der Waals surface area contributed by atoms with Gasteiger partial charge in [-0.15, -0.1) is 5.10 Å². The number of hydrogen-bond donors (Lipinski definition) is 3. The fourth-order valence-corrected chi connectivity index (χ4v) is 3.01. The lowest BCUT2D eigenvalue weighted by Gasteiger charge is -2.15. The van der Waals surface area contributed by atoms with E-state index >= 15 is 0 Å². The maximum Gasteiger partial charge on any atom is 0.248 e. The second kappa shape index (κ2) is 10.5. The van der Waals surface area contributed by atoms with Gasteiger partial charge in [-0.3, -0.25) is 4.79 Å². The average molecular weight is 414 g/mol. The monoisotopic (exact) mass is 414 g/mol. The van der Waals surface area contributed by atoms with Crippen molar-refractivity contribution < 1.29 is 19.4 Å². The highest BCUT2D eigenvalue weighted by Gasteiger charge is 2.11. The number of primary amides is 1. The van der Waals surface area contributed by atoms with Crippen molar-refractivity contribution >= 4 is 17.4 Å². The maximum atomic E-state index is 11.0. The van der Waals surface area contributed by atoms with Crippen LogP contribution in [0.15, 0.2) is 53.9 Å². The largest absolute Gasteiger partial charge is 0.492 e. The Kier molecular flexibility index (Phi) is 7.51. The third-order valence-electron chi connectivity index (χ3n) is 4.02. The Balaban J connectivity index is 1.36. The van der Waals surface area contributed by atoms with Gasteiger partial charge in [0.1, 0.15) is 36.5 Å². The molecule has 0 aliphatic carbocycles. The molecule has 0 aliphatic heterocycles. The number of aromatic nitrogens is 2. The fourth-order valence-electron chi connectivity index (χ4n) is 2.56. The number of nitrogens with one attached hydrogen (secondary N) is 1. The molecule has 0 spiro atoms. The summed E-state index contributed by atoms with van der Waals surface area (Å²) in [6.07, 6.45) is -0.675. The van der Waals surface area contributed by atoms with E-state index in [1.54, 1.807) is 24.3 Å². The third kappa shape index (κ3) is 6.24. The van der Waals surface area contributed by atoms with Crippen LogP contribution in [0.1, 0.15) is 10.4 Å². The Morgan fingerprint density at radius 1 is 1.17 bits per heavy atom. The number of ether oxygens (including phenoxy) is 2. The lowest BCUT2D eigenvalue weighted by atomic mass is 10.1. The van der Waals surface area contributed by atoms with Crippen LogP contribution in [0.25, 0.3) is 11.3 Å². The van der Waals surface area contributed by atoms with Crippen molar-refractivity contribution in [2.75, 3.05) is 26.3 Å². The van der Waals surface area contributed by atoms with E-state index < -0.39 is 12.0 Å². The summed E-state index contributed by atoms with van der Waals surface area (Å²) >= 11 is 1.28. The zero-order chi connectivity index (χ0) is 20.5. The van der Waals surface area contributed by atoms with Crippen LogP contribution in [-0.4, -0.2) is 53.0 Å². The van der Waals surface area contributed by atoms with Crippen LogP contribution in [-0.2, 0) is 0 Å². The third-order valence-corrected chi connectivity index (χ3v) is 4.53. The van der Waals surface area contributed by atoms with Crippen LogP contribution in [0.2, 0.25) is 0 Å².